The van der Waals surface area contributed by atoms with Crippen molar-refractivity contribution < 1.29 is 4.79 Å². The number of carbonyl (C=O) groups excluding carboxylic acids is 1. The van der Waals surface area contributed by atoms with E-state index in [1.54, 1.807) is 11.8 Å². The van der Waals surface area contributed by atoms with E-state index in [4.69, 9.17) is 4.98 Å². The van der Waals surface area contributed by atoms with Crippen LogP contribution < -0.4 is 0 Å². The van der Waals surface area contributed by atoms with Gasteiger partial charge in [0, 0.05) is 18.8 Å². The van der Waals surface area contributed by atoms with Crippen LogP contribution in [0.1, 0.15) is 44.6 Å². The van der Waals surface area contributed by atoms with Crippen LogP contribution in [0.3, 0.4) is 0 Å². The van der Waals surface area contributed by atoms with Crippen molar-refractivity contribution in [2.45, 2.75) is 62.4 Å². The Balaban J connectivity index is 1.62. The molecular weight excluding hydrogens is 378 g/mol. The molecule has 2 aromatic carbocycles. The highest BCUT2D eigenvalue weighted by atomic mass is 32.2. The topological polar surface area (TPSA) is 38.1 Å². The summed E-state index contributed by atoms with van der Waals surface area (Å²) in [5, 5.41) is 0.691. The van der Waals surface area contributed by atoms with Crippen molar-refractivity contribution in [3.05, 3.63) is 54.1 Å². The molecule has 5 heteroatoms. The number of rotatable bonds is 5. The summed E-state index contributed by atoms with van der Waals surface area (Å²) in [5.74, 6) is 0.199. The van der Waals surface area contributed by atoms with Gasteiger partial charge in [-0.3, -0.25) is 9.36 Å². The average Bonchev–Trinajstić information content (AvgIpc) is 3.11. The first-order valence-electron chi connectivity index (χ1n) is 10.5. The lowest BCUT2D eigenvalue weighted by atomic mass is 9.94. The second-order valence-corrected chi connectivity index (χ2v) is 9.36. The normalized spacial score (nSPS) is 16.1. The summed E-state index contributed by atoms with van der Waals surface area (Å²) in [6.45, 7) is 4.10. The van der Waals surface area contributed by atoms with Crippen molar-refractivity contribution in [3.63, 3.8) is 0 Å². The first kappa shape index (κ1) is 20.0. The number of amides is 1. The maximum absolute atomic E-state index is 13.1. The molecule has 4 nitrogen and oxygen atoms in total. The molecule has 4 rings (SSSR count). The van der Waals surface area contributed by atoms with Crippen LogP contribution in [0.15, 0.2) is 53.7 Å². The number of thioether (sulfide) groups is 1. The van der Waals surface area contributed by atoms with Crippen molar-refractivity contribution in [2.24, 2.45) is 0 Å². The predicted molar refractivity (Wildman–Crippen MR) is 121 cm³/mol. The van der Waals surface area contributed by atoms with Gasteiger partial charge in [-0.1, -0.05) is 60.9 Å². The standard InChI is InChI=1S/C24H29N3OS/c1-17-13-15-20(16-14-17)27-22-12-8-7-11-21(22)25-24(27)29-18(2)23(28)26(3)19-9-5-4-6-10-19/h7-8,11-16,18-19H,4-6,9-10H2,1-3H3/t18-/m1/s1. The lowest BCUT2D eigenvalue weighted by Crippen LogP contribution is -2.42. The molecule has 3 aromatic rings. The smallest absolute Gasteiger partial charge is 0.235 e. The molecule has 1 aromatic heterocycles. The third kappa shape index (κ3) is 4.20. The molecule has 0 spiro atoms. The maximum Gasteiger partial charge on any atom is 0.235 e. The molecule has 0 radical (unpaired) electrons. The highest BCUT2D eigenvalue weighted by Crippen LogP contribution is 2.32. The fourth-order valence-electron chi connectivity index (χ4n) is 4.17. The van der Waals surface area contributed by atoms with Crippen molar-refractivity contribution in [1.29, 1.82) is 0 Å². The molecule has 0 aliphatic heterocycles. The van der Waals surface area contributed by atoms with Crippen LogP contribution >= 0.6 is 11.8 Å². The molecule has 1 amide bonds. The average molecular weight is 408 g/mol. The second kappa shape index (κ2) is 8.62. The molecular formula is C24H29N3OS. The van der Waals surface area contributed by atoms with E-state index in [1.165, 1.54) is 24.8 Å². The van der Waals surface area contributed by atoms with Gasteiger partial charge in [0.2, 0.25) is 5.91 Å². The van der Waals surface area contributed by atoms with Gasteiger partial charge in [-0.25, -0.2) is 4.98 Å². The van der Waals surface area contributed by atoms with Crippen LogP contribution in [-0.2, 0) is 4.79 Å². The second-order valence-electron chi connectivity index (χ2n) is 8.06. The first-order chi connectivity index (χ1) is 14.0. The quantitative estimate of drug-likeness (QED) is 0.516. The van der Waals surface area contributed by atoms with E-state index < -0.39 is 0 Å². The summed E-state index contributed by atoms with van der Waals surface area (Å²) in [7, 11) is 1.97. The Morgan fingerprint density at radius 1 is 1.10 bits per heavy atom. The zero-order valence-electron chi connectivity index (χ0n) is 17.5. The van der Waals surface area contributed by atoms with Gasteiger partial charge < -0.3 is 4.90 Å². The van der Waals surface area contributed by atoms with Crippen LogP contribution in [0.4, 0.5) is 0 Å². The van der Waals surface area contributed by atoms with Crippen LogP contribution in [-0.4, -0.2) is 38.7 Å². The molecule has 0 bridgehead atoms. The van der Waals surface area contributed by atoms with Crippen molar-refractivity contribution in [2.75, 3.05) is 7.05 Å². The fourth-order valence-corrected chi connectivity index (χ4v) is 5.21. The zero-order valence-corrected chi connectivity index (χ0v) is 18.3. The Hall–Kier alpha value is -2.27. The number of nitrogens with zero attached hydrogens (tertiary/aromatic N) is 3. The Bertz CT molecular complexity index is 989. The number of imidazole rings is 1. The monoisotopic (exact) mass is 407 g/mol. The Morgan fingerprint density at radius 3 is 2.52 bits per heavy atom. The van der Waals surface area contributed by atoms with Gasteiger partial charge in [0.15, 0.2) is 5.16 Å². The van der Waals surface area contributed by atoms with E-state index in [0.717, 1.165) is 34.7 Å². The molecule has 152 valence electrons. The molecule has 1 fully saturated rings. The number of fused-ring (bicyclic) bond motifs is 1. The number of benzene rings is 2. The maximum atomic E-state index is 13.1. The summed E-state index contributed by atoms with van der Waals surface area (Å²) >= 11 is 1.56. The molecule has 1 atom stereocenters. The largest absolute Gasteiger partial charge is 0.342 e. The number of para-hydroxylation sites is 2. The van der Waals surface area contributed by atoms with Gasteiger partial charge >= 0.3 is 0 Å². The number of hydrogen-bond acceptors (Lipinski definition) is 3. The number of aromatic nitrogens is 2. The molecule has 0 N–H and O–H groups in total. The van der Waals surface area contributed by atoms with E-state index in [-0.39, 0.29) is 11.2 Å². The van der Waals surface area contributed by atoms with Crippen molar-refractivity contribution in [3.8, 4) is 5.69 Å². The zero-order chi connectivity index (χ0) is 20.4. The molecule has 1 heterocycles. The van der Waals surface area contributed by atoms with Crippen molar-refractivity contribution >= 4 is 28.7 Å². The van der Waals surface area contributed by atoms with Crippen molar-refractivity contribution in [1.82, 2.24) is 14.5 Å². The summed E-state index contributed by atoms with van der Waals surface area (Å²) < 4.78 is 2.17. The SMILES string of the molecule is Cc1ccc(-n2c(S[C@H](C)C(=O)N(C)C3CCCCC3)nc3ccccc32)cc1. The molecule has 0 unspecified atom stereocenters. The van der Waals surface area contributed by atoms with E-state index >= 15 is 0 Å². The van der Waals surface area contributed by atoms with Gasteiger partial charge in [-0.2, -0.15) is 0 Å². The highest BCUT2D eigenvalue weighted by Gasteiger charge is 2.27. The number of carbonyl (C=O) groups is 1. The molecule has 29 heavy (non-hydrogen) atoms. The van der Waals surface area contributed by atoms with Crippen LogP contribution in [0, 0.1) is 6.92 Å². The lowest BCUT2D eigenvalue weighted by molar-refractivity contribution is -0.131. The minimum Gasteiger partial charge on any atom is -0.342 e. The fraction of sp³-hybridized carbons (Fsp3) is 0.417. The first-order valence-corrected chi connectivity index (χ1v) is 11.4. The van der Waals surface area contributed by atoms with Gasteiger partial charge in [0.25, 0.3) is 0 Å². The molecule has 1 aliphatic rings. The van der Waals surface area contributed by atoms with Gasteiger partial charge in [-0.05, 0) is 51.0 Å². The summed E-state index contributed by atoms with van der Waals surface area (Å²) in [6, 6.07) is 17.0. The Labute approximate surface area is 177 Å². The third-order valence-electron chi connectivity index (χ3n) is 5.92. The lowest BCUT2D eigenvalue weighted by Gasteiger charge is -2.32. The Morgan fingerprint density at radius 2 is 1.79 bits per heavy atom. The summed E-state index contributed by atoms with van der Waals surface area (Å²) in [6.07, 6.45) is 6.01. The predicted octanol–water partition coefficient (Wildman–Crippen LogP) is 5.61. The van der Waals surface area contributed by atoms with Crippen LogP contribution in [0.25, 0.3) is 16.7 Å². The van der Waals surface area contributed by atoms with E-state index in [1.807, 2.05) is 37.1 Å². The third-order valence-corrected chi connectivity index (χ3v) is 6.96. The van der Waals surface area contributed by atoms with Gasteiger partial charge in [0.1, 0.15) is 0 Å². The van der Waals surface area contributed by atoms with E-state index in [9.17, 15) is 4.79 Å². The van der Waals surface area contributed by atoms with Gasteiger partial charge in [-0.15, -0.1) is 0 Å². The molecule has 0 saturated heterocycles. The molecule has 1 aliphatic carbocycles. The minimum absolute atomic E-state index is 0.178. The number of hydrogen-bond donors (Lipinski definition) is 0. The number of aryl methyl sites for hydroxylation is 1. The van der Waals surface area contributed by atoms with Crippen LogP contribution in [0.2, 0.25) is 0 Å². The minimum atomic E-state index is -0.178. The van der Waals surface area contributed by atoms with Crippen LogP contribution in [0.5, 0.6) is 0 Å². The highest BCUT2D eigenvalue weighted by molar-refractivity contribution is 8.00. The molecule has 1 saturated carbocycles. The van der Waals surface area contributed by atoms with Gasteiger partial charge in [0.05, 0.1) is 16.3 Å². The summed E-state index contributed by atoms with van der Waals surface area (Å²) in [5.41, 5.74) is 4.33. The summed E-state index contributed by atoms with van der Waals surface area (Å²) in [4.78, 5) is 20.0. The Kier molecular flexibility index (Phi) is 5.95. The van der Waals surface area contributed by atoms with E-state index in [0.29, 0.717) is 6.04 Å². The van der Waals surface area contributed by atoms with E-state index in [2.05, 4.69) is 41.8 Å².